The van der Waals surface area contributed by atoms with E-state index in [-0.39, 0.29) is 0 Å². The summed E-state index contributed by atoms with van der Waals surface area (Å²) in [5.74, 6) is 3.46. The number of nitrogens with zero attached hydrogens (tertiary/aromatic N) is 6. The zero-order valence-electron chi connectivity index (χ0n) is 59.6. The average molecular weight is 1450 g/mol. The molecular formula is C102H56N6O3S. The number of thiophene rings is 1. The Bertz CT molecular complexity index is 8160. The summed E-state index contributed by atoms with van der Waals surface area (Å²) >= 11 is 1.80. The minimum Gasteiger partial charge on any atom is -0.456 e. The molecule has 0 atom stereocenters. The number of fused-ring (bicyclic) bond motifs is 22. The van der Waals surface area contributed by atoms with Gasteiger partial charge in [0.05, 0.1) is 5.56 Å². The van der Waals surface area contributed by atoms with Crippen molar-refractivity contribution in [3.8, 4) is 102 Å². The summed E-state index contributed by atoms with van der Waals surface area (Å²) in [4.78, 5) is 31.9. The lowest BCUT2D eigenvalue weighted by Crippen LogP contribution is -2.00. The van der Waals surface area contributed by atoms with Crippen molar-refractivity contribution in [1.29, 1.82) is 0 Å². The standard InChI is InChI=1S/C102H56N6O3S/c1-5-20-87-77(12-1)79-18-9-19-82(96(79)111-87)102-107-98(63-35-28-58(29-36-63)72-17-11-24-91-95(72)81-15-3-7-22-89(81)110-91)105-99(108-102)67-44-46-70-66(52-67)43-50-74-73(70)47-40-59-30-37-64(53-83(59)74)65-38-31-60-41-49-76-75(84(60)54-65)48-42-61-32-39-68(55-85(61)76)100-103-97(104-101(106-100)69-45-51-93-86(56-69)78-13-4-8-25-92(78)112-93)62-33-26-57(27-34-62)71-16-10-23-90-94(71)80-14-2-6-21-88(80)109-90/h1-56H. The molecule has 0 saturated carbocycles. The van der Waals surface area contributed by atoms with E-state index < -0.39 is 0 Å². The molecule has 0 amide bonds. The topological polar surface area (TPSA) is 117 Å². The molecule has 24 aromatic rings. The van der Waals surface area contributed by atoms with Crippen LogP contribution in [0.1, 0.15) is 0 Å². The molecule has 10 heteroatoms. The number of furan rings is 3. The van der Waals surface area contributed by atoms with E-state index in [1.807, 2.05) is 60.7 Å². The van der Waals surface area contributed by atoms with Crippen LogP contribution in [0, 0.1) is 0 Å². The molecule has 9 nitrogen and oxygen atoms in total. The van der Waals surface area contributed by atoms with Gasteiger partial charge in [-0.3, -0.25) is 0 Å². The molecule has 0 N–H and O–H groups in total. The van der Waals surface area contributed by atoms with Crippen LogP contribution in [0.3, 0.4) is 0 Å². The van der Waals surface area contributed by atoms with Gasteiger partial charge in [0.25, 0.3) is 0 Å². The highest BCUT2D eigenvalue weighted by Crippen LogP contribution is 2.45. The zero-order valence-corrected chi connectivity index (χ0v) is 60.5. The van der Waals surface area contributed by atoms with Crippen molar-refractivity contribution in [1.82, 2.24) is 29.9 Å². The SMILES string of the molecule is c1ccc2c(c1)oc1c(-c3nc(-c4ccc(-c5cccc6oc7ccccc7c56)cc4)nc(-c4ccc5c(ccc6c7cc(-c8ccc9ccc%10c%11cc(-c%12nc(-c%13ccc(-c%14cccc%15oc%16ccccc%16c%14%15)cc%13)nc(-c%13ccc%14sc%15ccccc%15c%14c%13)n%12)ccc%11ccc%10c9c8)ccc7ccc56)c4)n3)cccc12. The smallest absolute Gasteiger partial charge is 0.167 e. The van der Waals surface area contributed by atoms with Crippen LogP contribution in [-0.4, -0.2) is 29.9 Å². The molecule has 0 saturated heterocycles. The van der Waals surface area contributed by atoms with E-state index in [4.69, 9.17) is 43.2 Å². The zero-order chi connectivity index (χ0) is 73.2. The highest BCUT2D eigenvalue weighted by molar-refractivity contribution is 7.25. The van der Waals surface area contributed by atoms with Crippen LogP contribution in [-0.2, 0) is 0 Å². The van der Waals surface area contributed by atoms with Gasteiger partial charge in [-0.05, 0) is 183 Å². The fourth-order valence-corrected chi connectivity index (χ4v) is 18.4. The van der Waals surface area contributed by atoms with E-state index in [0.29, 0.717) is 34.9 Å². The molecule has 0 fully saturated rings. The van der Waals surface area contributed by atoms with Crippen LogP contribution in [0.5, 0.6) is 0 Å². The van der Waals surface area contributed by atoms with Gasteiger partial charge in [-0.1, -0.05) is 255 Å². The fourth-order valence-electron chi connectivity index (χ4n) is 17.3. The lowest BCUT2D eigenvalue weighted by Gasteiger charge is -2.13. The van der Waals surface area contributed by atoms with Gasteiger partial charge >= 0.3 is 0 Å². The predicted octanol–water partition coefficient (Wildman–Crippen LogP) is 28.0. The van der Waals surface area contributed by atoms with Gasteiger partial charge in [0.15, 0.2) is 34.9 Å². The molecule has 0 bridgehead atoms. The summed E-state index contributed by atoms with van der Waals surface area (Å²) in [6.07, 6.45) is 0. The molecule has 518 valence electrons. The van der Waals surface area contributed by atoms with Crippen molar-refractivity contribution in [2.75, 3.05) is 0 Å². The van der Waals surface area contributed by atoms with Gasteiger partial charge < -0.3 is 13.3 Å². The summed E-state index contributed by atoms with van der Waals surface area (Å²) < 4.78 is 21.7. The molecule has 0 aliphatic rings. The first-order valence-electron chi connectivity index (χ1n) is 37.6. The van der Waals surface area contributed by atoms with Gasteiger partial charge in [0.2, 0.25) is 0 Å². The van der Waals surface area contributed by atoms with Crippen molar-refractivity contribution in [2.24, 2.45) is 0 Å². The van der Waals surface area contributed by atoms with Crippen molar-refractivity contribution < 1.29 is 13.3 Å². The maximum absolute atomic E-state index is 6.62. The molecule has 24 rings (SSSR count). The quantitative estimate of drug-likeness (QED) is 0.130. The summed E-state index contributed by atoms with van der Waals surface area (Å²) in [6, 6.07) is 121. The van der Waals surface area contributed by atoms with Gasteiger partial charge in [0, 0.05) is 80.3 Å². The maximum atomic E-state index is 6.62. The maximum Gasteiger partial charge on any atom is 0.167 e. The van der Waals surface area contributed by atoms with E-state index in [1.54, 1.807) is 11.3 Å². The normalized spacial score (nSPS) is 12.1. The van der Waals surface area contributed by atoms with E-state index in [2.05, 4.69) is 279 Å². The monoisotopic (exact) mass is 1440 g/mol. The Morgan fingerprint density at radius 2 is 0.527 bits per heavy atom. The third-order valence-electron chi connectivity index (χ3n) is 22.8. The van der Waals surface area contributed by atoms with Crippen LogP contribution in [0.15, 0.2) is 353 Å². The van der Waals surface area contributed by atoms with Crippen LogP contribution < -0.4 is 0 Å². The first kappa shape index (κ1) is 62.2. The van der Waals surface area contributed by atoms with Gasteiger partial charge in [0.1, 0.15) is 33.5 Å². The summed E-state index contributed by atoms with van der Waals surface area (Å²) in [6.45, 7) is 0. The Morgan fingerprint density at radius 1 is 0.179 bits per heavy atom. The highest BCUT2D eigenvalue weighted by atomic mass is 32.1. The molecule has 0 radical (unpaired) electrons. The molecule has 112 heavy (non-hydrogen) atoms. The molecule has 0 unspecified atom stereocenters. The molecule has 18 aromatic carbocycles. The Hall–Kier alpha value is -14.8. The van der Waals surface area contributed by atoms with Crippen LogP contribution in [0.4, 0.5) is 0 Å². The second-order valence-electron chi connectivity index (χ2n) is 29.1. The van der Waals surface area contributed by atoms with Crippen molar-refractivity contribution in [3.63, 3.8) is 0 Å². The summed E-state index contributed by atoms with van der Waals surface area (Å²) in [7, 11) is 0. The van der Waals surface area contributed by atoms with Crippen molar-refractivity contribution in [2.45, 2.75) is 0 Å². The molecular weight excluding hydrogens is 1390 g/mol. The molecule has 0 aliphatic carbocycles. The number of para-hydroxylation sites is 4. The first-order valence-corrected chi connectivity index (χ1v) is 38.4. The summed E-state index contributed by atoms with van der Waals surface area (Å²) in [5.41, 5.74) is 16.9. The van der Waals surface area contributed by atoms with Crippen molar-refractivity contribution >= 4 is 162 Å². The van der Waals surface area contributed by atoms with E-state index >= 15 is 0 Å². The number of hydrogen-bond acceptors (Lipinski definition) is 10. The van der Waals surface area contributed by atoms with Crippen molar-refractivity contribution in [3.05, 3.63) is 340 Å². The first-order chi connectivity index (χ1) is 55.4. The predicted molar refractivity (Wildman–Crippen MR) is 462 cm³/mol. The Balaban J connectivity index is 0.584. The number of hydrogen-bond donors (Lipinski definition) is 0. The second kappa shape index (κ2) is 24.3. The third-order valence-corrected chi connectivity index (χ3v) is 23.9. The Labute approximate surface area is 642 Å². The lowest BCUT2D eigenvalue weighted by molar-refractivity contribution is 0.668. The highest BCUT2D eigenvalue weighted by Gasteiger charge is 2.23. The molecule has 0 spiro atoms. The van der Waals surface area contributed by atoms with Crippen LogP contribution in [0.25, 0.3) is 252 Å². The van der Waals surface area contributed by atoms with Gasteiger partial charge in [-0.15, -0.1) is 11.3 Å². The van der Waals surface area contributed by atoms with E-state index in [0.717, 1.165) is 160 Å². The van der Waals surface area contributed by atoms with Crippen LogP contribution >= 0.6 is 11.3 Å². The van der Waals surface area contributed by atoms with Crippen LogP contribution in [0.2, 0.25) is 0 Å². The summed E-state index contributed by atoms with van der Waals surface area (Å²) in [5, 5.41) is 22.7. The van der Waals surface area contributed by atoms with Gasteiger partial charge in [-0.25, -0.2) is 29.9 Å². The third kappa shape index (κ3) is 9.88. The molecule has 0 aliphatic heterocycles. The van der Waals surface area contributed by atoms with Gasteiger partial charge in [-0.2, -0.15) is 0 Å². The second-order valence-corrected chi connectivity index (χ2v) is 30.2. The number of rotatable bonds is 9. The molecule has 6 aromatic heterocycles. The van der Waals surface area contributed by atoms with E-state index in [1.165, 1.54) is 57.9 Å². The number of benzene rings is 18. The number of aromatic nitrogens is 6. The Morgan fingerprint density at radius 3 is 1.09 bits per heavy atom. The van der Waals surface area contributed by atoms with E-state index in [9.17, 15) is 0 Å². The fraction of sp³-hybridized carbons (Fsp3) is 0. The largest absolute Gasteiger partial charge is 0.456 e. The minimum absolute atomic E-state index is 0.527. The molecule has 6 heterocycles. The minimum atomic E-state index is 0.527. The lowest BCUT2D eigenvalue weighted by atomic mass is 9.92. The average Bonchev–Trinajstić information content (AvgIpc) is 1.08. The Kier molecular flexibility index (Phi) is 13.5.